The Morgan fingerprint density at radius 1 is 0.788 bits per heavy atom. The summed E-state index contributed by atoms with van der Waals surface area (Å²) in [6, 6.07) is 24.5. The van der Waals surface area contributed by atoms with E-state index in [2.05, 4.69) is 50.4 Å². The standard InChI is InChI=1S/C26H28N6O/c1-2-33-24-14-8-13-23(29-24)31-15-17-32(18-16-31)26-28-22-12-7-6-11-21(22)25(30-26)27-19-20-9-4-3-5-10-20/h3-14H,2,15-19H2,1H3,(H,27,28,30). The van der Waals surface area contributed by atoms with Crippen molar-refractivity contribution in [3.8, 4) is 5.88 Å². The molecule has 2 aromatic heterocycles. The molecule has 1 saturated heterocycles. The van der Waals surface area contributed by atoms with Gasteiger partial charge in [0, 0.05) is 44.2 Å². The van der Waals surface area contributed by atoms with Gasteiger partial charge in [-0.15, -0.1) is 0 Å². The van der Waals surface area contributed by atoms with Gasteiger partial charge in [0.15, 0.2) is 0 Å². The van der Waals surface area contributed by atoms with E-state index in [1.54, 1.807) is 0 Å². The Labute approximate surface area is 194 Å². The smallest absolute Gasteiger partial charge is 0.228 e. The van der Waals surface area contributed by atoms with E-state index in [1.165, 1.54) is 5.56 Å². The van der Waals surface area contributed by atoms with Gasteiger partial charge in [0.2, 0.25) is 11.8 Å². The van der Waals surface area contributed by atoms with Crippen LogP contribution in [0, 0.1) is 0 Å². The number of fused-ring (bicyclic) bond motifs is 1. The lowest BCUT2D eigenvalue weighted by atomic mass is 10.2. The first-order valence-corrected chi connectivity index (χ1v) is 11.4. The summed E-state index contributed by atoms with van der Waals surface area (Å²) in [4.78, 5) is 19.0. The van der Waals surface area contributed by atoms with Crippen LogP contribution in [0.3, 0.4) is 0 Å². The van der Waals surface area contributed by atoms with Gasteiger partial charge in [-0.3, -0.25) is 0 Å². The molecule has 0 amide bonds. The molecule has 0 saturated carbocycles. The Kier molecular flexibility index (Phi) is 6.19. The minimum atomic E-state index is 0.615. The SMILES string of the molecule is CCOc1cccc(N2CCN(c3nc(NCc4ccccc4)c4ccccc4n3)CC2)n1. The highest BCUT2D eigenvalue weighted by molar-refractivity contribution is 5.90. The van der Waals surface area contributed by atoms with Crippen molar-refractivity contribution < 1.29 is 4.74 Å². The maximum Gasteiger partial charge on any atom is 0.228 e. The van der Waals surface area contributed by atoms with E-state index in [-0.39, 0.29) is 0 Å². The van der Waals surface area contributed by atoms with Crippen molar-refractivity contribution in [2.75, 3.05) is 47.9 Å². The van der Waals surface area contributed by atoms with Crippen LogP contribution in [0.2, 0.25) is 0 Å². The number of piperazine rings is 1. The third-order valence-corrected chi connectivity index (χ3v) is 5.78. The number of hydrogen-bond donors (Lipinski definition) is 1. The first kappa shape index (κ1) is 21.0. The number of rotatable bonds is 7. The topological polar surface area (TPSA) is 66.4 Å². The number of nitrogens with zero attached hydrogens (tertiary/aromatic N) is 5. The van der Waals surface area contributed by atoms with Crippen LogP contribution in [0.4, 0.5) is 17.6 Å². The molecule has 2 aromatic carbocycles. The van der Waals surface area contributed by atoms with Crippen LogP contribution >= 0.6 is 0 Å². The molecule has 4 aromatic rings. The van der Waals surface area contributed by atoms with Crippen LogP contribution in [0.5, 0.6) is 5.88 Å². The second-order valence-electron chi connectivity index (χ2n) is 7.97. The van der Waals surface area contributed by atoms with E-state index in [0.29, 0.717) is 12.5 Å². The zero-order chi connectivity index (χ0) is 22.5. The Hall–Kier alpha value is -3.87. The molecule has 33 heavy (non-hydrogen) atoms. The Bertz CT molecular complexity index is 1210. The van der Waals surface area contributed by atoms with E-state index < -0.39 is 0 Å². The van der Waals surface area contributed by atoms with Gasteiger partial charge >= 0.3 is 0 Å². The van der Waals surface area contributed by atoms with Gasteiger partial charge in [0.05, 0.1) is 12.1 Å². The third kappa shape index (κ3) is 4.82. The summed E-state index contributed by atoms with van der Waals surface area (Å²) in [7, 11) is 0. The number of anilines is 3. The monoisotopic (exact) mass is 440 g/mol. The van der Waals surface area contributed by atoms with Gasteiger partial charge in [-0.2, -0.15) is 9.97 Å². The summed E-state index contributed by atoms with van der Waals surface area (Å²) in [5.41, 5.74) is 2.17. The number of hydrogen-bond acceptors (Lipinski definition) is 7. The molecule has 0 aliphatic carbocycles. The largest absolute Gasteiger partial charge is 0.478 e. The minimum Gasteiger partial charge on any atom is -0.478 e. The van der Waals surface area contributed by atoms with Crippen molar-refractivity contribution in [2.24, 2.45) is 0 Å². The predicted octanol–water partition coefficient (Wildman–Crippen LogP) is 4.36. The lowest BCUT2D eigenvalue weighted by Crippen LogP contribution is -2.47. The molecule has 0 bridgehead atoms. The summed E-state index contributed by atoms with van der Waals surface area (Å²) < 4.78 is 5.56. The molecule has 0 atom stereocenters. The molecular formula is C26H28N6O. The zero-order valence-corrected chi connectivity index (χ0v) is 18.8. The molecule has 1 N–H and O–H groups in total. The average Bonchev–Trinajstić information content (AvgIpc) is 2.88. The normalized spacial score (nSPS) is 13.8. The number of aromatic nitrogens is 3. The molecule has 1 aliphatic heterocycles. The number of ether oxygens (including phenoxy) is 1. The van der Waals surface area contributed by atoms with Crippen LogP contribution in [0.15, 0.2) is 72.8 Å². The van der Waals surface area contributed by atoms with E-state index in [1.807, 2.05) is 49.4 Å². The fourth-order valence-corrected chi connectivity index (χ4v) is 4.07. The number of pyridine rings is 1. The molecule has 0 radical (unpaired) electrons. The number of nitrogens with one attached hydrogen (secondary N) is 1. The first-order chi connectivity index (χ1) is 16.3. The van der Waals surface area contributed by atoms with E-state index in [4.69, 9.17) is 14.7 Å². The van der Waals surface area contributed by atoms with Gasteiger partial charge in [0.25, 0.3) is 0 Å². The maximum atomic E-state index is 5.56. The van der Waals surface area contributed by atoms with Crippen molar-refractivity contribution in [3.63, 3.8) is 0 Å². The van der Waals surface area contributed by atoms with Crippen LogP contribution in [-0.2, 0) is 6.54 Å². The van der Waals surface area contributed by atoms with Gasteiger partial charge in [-0.25, -0.2) is 4.98 Å². The summed E-state index contributed by atoms with van der Waals surface area (Å²) >= 11 is 0. The second kappa shape index (κ2) is 9.73. The first-order valence-electron chi connectivity index (χ1n) is 11.4. The Morgan fingerprint density at radius 3 is 2.36 bits per heavy atom. The van der Waals surface area contributed by atoms with Crippen molar-refractivity contribution in [1.82, 2.24) is 15.0 Å². The van der Waals surface area contributed by atoms with Crippen LogP contribution in [0.1, 0.15) is 12.5 Å². The summed E-state index contributed by atoms with van der Waals surface area (Å²) in [5, 5.41) is 4.56. The summed E-state index contributed by atoms with van der Waals surface area (Å²) in [5.74, 6) is 3.25. The van der Waals surface area contributed by atoms with Crippen molar-refractivity contribution in [1.29, 1.82) is 0 Å². The van der Waals surface area contributed by atoms with Crippen molar-refractivity contribution in [3.05, 3.63) is 78.4 Å². The zero-order valence-electron chi connectivity index (χ0n) is 18.8. The fourth-order valence-electron chi connectivity index (χ4n) is 4.07. The highest BCUT2D eigenvalue weighted by Crippen LogP contribution is 2.25. The van der Waals surface area contributed by atoms with Crippen molar-refractivity contribution in [2.45, 2.75) is 13.5 Å². The number of para-hydroxylation sites is 1. The van der Waals surface area contributed by atoms with Crippen LogP contribution < -0.4 is 19.9 Å². The molecule has 3 heterocycles. The lowest BCUT2D eigenvalue weighted by Gasteiger charge is -2.35. The quantitative estimate of drug-likeness (QED) is 0.458. The van der Waals surface area contributed by atoms with Crippen LogP contribution in [0.25, 0.3) is 10.9 Å². The summed E-state index contributed by atoms with van der Waals surface area (Å²) in [6.07, 6.45) is 0. The highest BCUT2D eigenvalue weighted by Gasteiger charge is 2.21. The van der Waals surface area contributed by atoms with Crippen LogP contribution in [-0.4, -0.2) is 47.7 Å². The molecule has 7 heteroatoms. The molecule has 5 rings (SSSR count). The molecule has 7 nitrogen and oxygen atoms in total. The molecule has 1 aliphatic rings. The maximum absolute atomic E-state index is 5.56. The van der Waals surface area contributed by atoms with E-state index >= 15 is 0 Å². The van der Waals surface area contributed by atoms with Gasteiger partial charge in [0.1, 0.15) is 11.6 Å². The van der Waals surface area contributed by atoms with Gasteiger partial charge in [-0.05, 0) is 30.7 Å². The molecule has 0 spiro atoms. The summed E-state index contributed by atoms with van der Waals surface area (Å²) in [6.45, 7) is 6.67. The van der Waals surface area contributed by atoms with Crippen molar-refractivity contribution >= 4 is 28.5 Å². The van der Waals surface area contributed by atoms with E-state index in [9.17, 15) is 0 Å². The Balaban J connectivity index is 1.33. The average molecular weight is 441 g/mol. The number of benzene rings is 2. The third-order valence-electron chi connectivity index (χ3n) is 5.78. The second-order valence-corrected chi connectivity index (χ2v) is 7.97. The minimum absolute atomic E-state index is 0.615. The predicted molar refractivity (Wildman–Crippen MR) is 133 cm³/mol. The molecule has 168 valence electrons. The van der Waals surface area contributed by atoms with Gasteiger partial charge in [-0.1, -0.05) is 48.5 Å². The fraction of sp³-hybridized carbons (Fsp3) is 0.269. The lowest BCUT2D eigenvalue weighted by molar-refractivity contribution is 0.327. The molecular weight excluding hydrogens is 412 g/mol. The van der Waals surface area contributed by atoms with Gasteiger partial charge < -0.3 is 19.9 Å². The highest BCUT2D eigenvalue weighted by atomic mass is 16.5. The van der Waals surface area contributed by atoms with E-state index in [0.717, 1.165) is 61.2 Å². The molecule has 0 unspecified atom stereocenters. The Morgan fingerprint density at radius 2 is 1.55 bits per heavy atom. The molecule has 1 fully saturated rings.